The highest BCUT2D eigenvalue weighted by Gasteiger charge is 2.29. The molecule has 0 unspecified atom stereocenters. The summed E-state index contributed by atoms with van der Waals surface area (Å²) in [5.74, 6) is -1.22. The lowest BCUT2D eigenvalue weighted by Crippen LogP contribution is -3.14. The number of amides is 2. The van der Waals surface area contributed by atoms with Gasteiger partial charge in [0.1, 0.15) is 5.82 Å². The minimum absolute atomic E-state index is 0.0803. The average Bonchev–Trinajstić information content (AvgIpc) is 2.63. The van der Waals surface area contributed by atoms with Gasteiger partial charge >= 0.3 is 5.97 Å². The van der Waals surface area contributed by atoms with Crippen molar-refractivity contribution in [1.29, 1.82) is 0 Å². The Bertz CT molecular complexity index is 628. The molecule has 1 aliphatic rings. The smallest absolute Gasteiger partial charge is 0.309 e. The highest BCUT2D eigenvalue weighted by atomic mass is 19.1. The van der Waals surface area contributed by atoms with E-state index in [1.807, 2.05) is 0 Å². The molecular formula is C18H25FN3O4+. The molecule has 1 aromatic carbocycles. The van der Waals surface area contributed by atoms with Gasteiger partial charge in [-0.05, 0) is 31.2 Å². The van der Waals surface area contributed by atoms with E-state index in [4.69, 9.17) is 4.74 Å². The molecule has 1 aliphatic heterocycles. The van der Waals surface area contributed by atoms with Crippen molar-refractivity contribution >= 4 is 23.5 Å². The summed E-state index contributed by atoms with van der Waals surface area (Å²) in [6.45, 7) is 3.73. The SMILES string of the molecule is CCOC(=O)C1CC[NH+](CC(=O)NCC(=O)Nc2ccc(F)cc2)CC1. The molecule has 0 aromatic heterocycles. The van der Waals surface area contributed by atoms with Gasteiger partial charge < -0.3 is 20.3 Å². The van der Waals surface area contributed by atoms with Crippen LogP contribution in [0.4, 0.5) is 10.1 Å². The zero-order valence-corrected chi connectivity index (χ0v) is 14.8. The third kappa shape index (κ3) is 6.44. The lowest BCUT2D eigenvalue weighted by molar-refractivity contribution is -0.897. The first-order chi connectivity index (χ1) is 12.5. The molecule has 0 saturated carbocycles. The molecule has 0 aliphatic carbocycles. The van der Waals surface area contributed by atoms with Crippen molar-refractivity contribution in [3.8, 4) is 0 Å². The van der Waals surface area contributed by atoms with Crippen LogP contribution in [0.1, 0.15) is 19.8 Å². The fourth-order valence-corrected chi connectivity index (χ4v) is 2.91. The molecular weight excluding hydrogens is 341 g/mol. The summed E-state index contributed by atoms with van der Waals surface area (Å²) in [5, 5.41) is 5.16. The normalized spacial score (nSPS) is 19.5. The number of likely N-dealkylation sites (tertiary alicyclic amines) is 1. The van der Waals surface area contributed by atoms with E-state index < -0.39 is 0 Å². The molecule has 0 spiro atoms. The monoisotopic (exact) mass is 366 g/mol. The van der Waals surface area contributed by atoms with Crippen molar-refractivity contribution in [1.82, 2.24) is 5.32 Å². The molecule has 26 heavy (non-hydrogen) atoms. The molecule has 7 nitrogen and oxygen atoms in total. The number of hydrogen-bond acceptors (Lipinski definition) is 4. The molecule has 0 bridgehead atoms. The standard InChI is InChI=1S/C18H24FN3O4/c1-2-26-18(25)13-7-9-22(10-8-13)12-17(24)20-11-16(23)21-15-5-3-14(19)4-6-15/h3-6,13H,2,7-12H2,1H3,(H,20,24)(H,21,23)/p+1. The number of nitrogens with one attached hydrogen (secondary N) is 3. The number of benzene rings is 1. The van der Waals surface area contributed by atoms with Crippen LogP contribution in [0, 0.1) is 11.7 Å². The van der Waals surface area contributed by atoms with E-state index in [1.165, 1.54) is 24.3 Å². The van der Waals surface area contributed by atoms with E-state index in [0.717, 1.165) is 18.0 Å². The summed E-state index contributed by atoms with van der Waals surface area (Å²) in [6, 6.07) is 5.40. The third-order valence-electron chi connectivity index (χ3n) is 4.30. The number of ether oxygens (including phenoxy) is 1. The predicted octanol–water partition coefficient (Wildman–Crippen LogP) is -0.262. The van der Waals surface area contributed by atoms with Crippen molar-refractivity contribution in [2.75, 3.05) is 38.1 Å². The zero-order valence-electron chi connectivity index (χ0n) is 14.8. The maximum absolute atomic E-state index is 12.8. The molecule has 0 radical (unpaired) electrons. The zero-order chi connectivity index (χ0) is 18.9. The summed E-state index contributed by atoms with van der Waals surface area (Å²) in [4.78, 5) is 36.6. The Balaban J connectivity index is 1.65. The number of rotatable bonds is 7. The Morgan fingerprint density at radius 3 is 2.42 bits per heavy atom. The fourth-order valence-electron chi connectivity index (χ4n) is 2.91. The Morgan fingerprint density at radius 1 is 1.15 bits per heavy atom. The van der Waals surface area contributed by atoms with Gasteiger partial charge in [0.25, 0.3) is 5.91 Å². The van der Waals surface area contributed by atoms with Crippen LogP contribution in [-0.4, -0.2) is 50.6 Å². The highest BCUT2D eigenvalue weighted by molar-refractivity contribution is 5.94. The molecule has 142 valence electrons. The van der Waals surface area contributed by atoms with Gasteiger partial charge in [-0.1, -0.05) is 0 Å². The van der Waals surface area contributed by atoms with E-state index in [-0.39, 0.29) is 42.6 Å². The maximum Gasteiger partial charge on any atom is 0.309 e. The summed E-state index contributed by atoms with van der Waals surface area (Å²) in [6.07, 6.45) is 1.40. The molecule has 1 heterocycles. The second kappa shape index (κ2) is 9.86. The van der Waals surface area contributed by atoms with Crippen LogP contribution in [-0.2, 0) is 19.1 Å². The molecule has 1 saturated heterocycles. The number of piperidine rings is 1. The van der Waals surface area contributed by atoms with Gasteiger partial charge in [0.15, 0.2) is 6.54 Å². The first-order valence-corrected chi connectivity index (χ1v) is 8.80. The Hall–Kier alpha value is -2.48. The van der Waals surface area contributed by atoms with E-state index in [0.29, 0.717) is 25.1 Å². The third-order valence-corrected chi connectivity index (χ3v) is 4.30. The van der Waals surface area contributed by atoms with Crippen molar-refractivity contribution in [2.45, 2.75) is 19.8 Å². The molecule has 2 amide bonds. The number of halogens is 1. The number of quaternary nitrogens is 1. The van der Waals surface area contributed by atoms with Crippen molar-refractivity contribution in [3.05, 3.63) is 30.1 Å². The summed E-state index contributed by atoms with van der Waals surface area (Å²) in [7, 11) is 0. The fraction of sp³-hybridized carbons (Fsp3) is 0.500. The van der Waals surface area contributed by atoms with Crippen molar-refractivity contribution < 1.29 is 28.4 Å². The lowest BCUT2D eigenvalue weighted by Gasteiger charge is -2.27. The molecule has 0 atom stereocenters. The lowest BCUT2D eigenvalue weighted by atomic mass is 9.97. The number of hydrogen-bond donors (Lipinski definition) is 3. The van der Waals surface area contributed by atoms with E-state index >= 15 is 0 Å². The maximum atomic E-state index is 12.8. The summed E-state index contributed by atoms with van der Waals surface area (Å²) < 4.78 is 17.8. The Kier molecular flexibility index (Phi) is 7.53. The highest BCUT2D eigenvalue weighted by Crippen LogP contribution is 2.11. The molecule has 2 rings (SSSR count). The Labute approximate surface area is 151 Å². The van der Waals surface area contributed by atoms with Crippen LogP contribution in [0.15, 0.2) is 24.3 Å². The molecule has 1 aromatic rings. The number of carbonyl (C=O) groups excluding carboxylic acids is 3. The molecule has 3 N–H and O–H groups in total. The average molecular weight is 366 g/mol. The van der Waals surface area contributed by atoms with Gasteiger partial charge in [-0.25, -0.2) is 4.39 Å². The summed E-state index contributed by atoms with van der Waals surface area (Å²) >= 11 is 0. The quantitative estimate of drug-likeness (QED) is 0.580. The van der Waals surface area contributed by atoms with E-state index in [1.54, 1.807) is 6.92 Å². The van der Waals surface area contributed by atoms with E-state index in [2.05, 4.69) is 10.6 Å². The van der Waals surface area contributed by atoms with Gasteiger partial charge in [0.2, 0.25) is 5.91 Å². The Morgan fingerprint density at radius 2 is 1.81 bits per heavy atom. The first-order valence-electron chi connectivity index (χ1n) is 8.80. The van der Waals surface area contributed by atoms with Crippen molar-refractivity contribution in [2.24, 2.45) is 5.92 Å². The van der Waals surface area contributed by atoms with Crippen LogP contribution in [0.25, 0.3) is 0 Å². The van der Waals surface area contributed by atoms with Crippen LogP contribution < -0.4 is 15.5 Å². The van der Waals surface area contributed by atoms with Gasteiger partial charge in [0.05, 0.1) is 32.2 Å². The molecule has 1 fully saturated rings. The minimum atomic E-state index is -0.383. The number of carbonyl (C=O) groups is 3. The van der Waals surface area contributed by atoms with Gasteiger partial charge in [-0.2, -0.15) is 0 Å². The molecule has 8 heteroatoms. The second-order valence-electron chi connectivity index (χ2n) is 6.28. The predicted molar refractivity (Wildman–Crippen MR) is 93.0 cm³/mol. The van der Waals surface area contributed by atoms with Crippen LogP contribution >= 0.6 is 0 Å². The topological polar surface area (TPSA) is 88.9 Å². The van der Waals surface area contributed by atoms with Gasteiger partial charge in [-0.3, -0.25) is 14.4 Å². The van der Waals surface area contributed by atoms with Crippen molar-refractivity contribution in [3.63, 3.8) is 0 Å². The van der Waals surface area contributed by atoms with Gasteiger partial charge in [0, 0.05) is 18.5 Å². The van der Waals surface area contributed by atoms with E-state index in [9.17, 15) is 18.8 Å². The van der Waals surface area contributed by atoms with Crippen LogP contribution in [0.5, 0.6) is 0 Å². The van der Waals surface area contributed by atoms with Gasteiger partial charge in [-0.15, -0.1) is 0 Å². The first kappa shape index (κ1) is 19.8. The number of anilines is 1. The number of esters is 1. The second-order valence-corrected chi connectivity index (χ2v) is 6.28. The largest absolute Gasteiger partial charge is 0.466 e. The van der Waals surface area contributed by atoms with Crippen LogP contribution in [0.3, 0.4) is 0 Å². The van der Waals surface area contributed by atoms with Crippen LogP contribution in [0.2, 0.25) is 0 Å². The summed E-state index contributed by atoms with van der Waals surface area (Å²) in [5.41, 5.74) is 0.470. The minimum Gasteiger partial charge on any atom is -0.466 e.